The van der Waals surface area contributed by atoms with E-state index in [1.54, 1.807) is 24.3 Å². The minimum Gasteiger partial charge on any atom is -0.493 e. The Hall–Kier alpha value is -1.51. The van der Waals surface area contributed by atoms with E-state index < -0.39 is 7.12 Å². The monoisotopic (exact) mass is 191 g/mol. The van der Waals surface area contributed by atoms with E-state index in [0.29, 0.717) is 24.2 Å². The van der Waals surface area contributed by atoms with Crippen molar-refractivity contribution < 1.29 is 14.8 Å². The van der Waals surface area contributed by atoms with Crippen molar-refractivity contribution >= 4 is 12.6 Å². The fourth-order valence-corrected chi connectivity index (χ4v) is 0.951. The Morgan fingerprint density at radius 1 is 1.29 bits per heavy atom. The van der Waals surface area contributed by atoms with Crippen LogP contribution in [0.15, 0.2) is 24.3 Å². The van der Waals surface area contributed by atoms with Crippen LogP contribution in [0.4, 0.5) is 0 Å². The Morgan fingerprint density at radius 2 is 1.93 bits per heavy atom. The second-order valence-electron chi connectivity index (χ2n) is 2.70. The van der Waals surface area contributed by atoms with Gasteiger partial charge in [0, 0.05) is 0 Å². The number of hydrogen-bond donors (Lipinski definition) is 2. The molecule has 4 nitrogen and oxygen atoms in total. The molecular formula is C9H10BNO3. The molecule has 14 heavy (non-hydrogen) atoms. The van der Waals surface area contributed by atoms with Crippen LogP contribution in [0.2, 0.25) is 0 Å². The fraction of sp³-hybridized carbons (Fsp3) is 0.222. The third kappa shape index (κ3) is 3.09. The molecule has 72 valence electrons. The average Bonchev–Trinajstić information content (AvgIpc) is 2.19. The van der Waals surface area contributed by atoms with Gasteiger partial charge in [-0.05, 0) is 17.6 Å². The normalized spacial score (nSPS) is 9.21. The maximum atomic E-state index is 8.80. The van der Waals surface area contributed by atoms with Gasteiger partial charge in [-0.2, -0.15) is 5.26 Å². The van der Waals surface area contributed by atoms with Crippen LogP contribution in [0.3, 0.4) is 0 Å². The Labute approximate surface area is 82.5 Å². The van der Waals surface area contributed by atoms with Crippen LogP contribution >= 0.6 is 0 Å². The van der Waals surface area contributed by atoms with Crippen molar-refractivity contribution in [3.05, 3.63) is 24.3 Å². The molecule has 2 N–H and O–H groups in total. The summed E-state index contributed by atoms with van der Waals surface area (Å²) in [5.74, 6) is 0.615. The molecule has 5 heteroatoms. The minimum absolute atomic E-state index is 0.338. The van der Waals surface area contributed by atoms with E-state index in [2.05, 4.69) is 0 Å². The first-order chi connectivity index (χ1) is 6.74. The lowest BCUT2D eigenvalue weighted by Gasteiger charge is -2.04. The first-order valence-corrected chi connectivity index (χ1v) is 4.20. The second-order valence-corrected chi connectivity index (χ2v) is 2.70. The predicted octanol–water partition coefficient (Wildman–Crippen LogP) is -0.341. The van der Waals surface area contributed by atoms with Crippen LogP contribution in [-0.4, -0.2) is 23.8 Å². The molecular weight excluding hydrogens is 181 g/mol. The van der Waals surface area contributed by atoms with Gasteiger partial charge in [0.05, 0.1) is 12.5 Å². The quantitative estimate of drug-likeness (QED) is 0.504. The van der Waals surface area contributed by atoms with Crippen molar-refractivity contribution in [2.45, 2.75) is 6.42 Å². The van der Waals surface area contributed by atoms with Gasteiger partial charge in [0.2, 0.25) is 0 Å². The summed E-state index contributed by atoms with van der Waals surface area (Å²) < 4.78 is 5.20. The van der Waals surface area contributed by atoms with E-state index in [1.165, 1.54) is 0 Å². The van der Waals surface area contributed by atoms with E-state index in [4.69, 9.17) is 20.0 Å². The summed E-state index contributed by atoms with van der Waals surface area (Å²) in [7, 11) is -1.46. The van der Waals surface area contributed by atoms with E-state index >= 15 is 0 Å². The molecule has 1 rings (SSSR count). The topological polar surface area (TPSA) is 73.5 Å². The summed E-state index contributed by atoms with van der Waals surface area (Å²) in [6, 6.07) is 8.35. The lowest BCUT2D eigenvalue weighted by atomic mass is 9.80. The Morgan fingerprint density at radius 3 is 2.43 bits per heavy atom. The number of ether oxygens (including phenoxy) is 1. The Balaban J connectivity index is 2.52. The SMILES string of the molecule is N#CCCOc1ccc(B(O)O)cc1. The molecule has 0 radical (unpaired) electrons. The number of nitrogens with zero attached hydrogens (tertiary/aromatic N) is 1. The van der Waals surface area contributed by atoms with Crippen LogP contribution in [0.1, 0.15) is 6.42 Å². The lowest BCUT2D eigenvalue weighted by molar-refractivity contribution is 0.326. The molecule has 0 saturated heterocycles. The molecule has 0 aliphatic rings. The molecule has 0 bridgehead atoms. The molecule has 0 aliphatic carbocycles. The van der Waals surface area contributed by atoms with E-state index in [9.17, 15) is 0 Å². The number of hydrogen-bond acceptors (Lipinski definition) is 4. The summed E-state index contributed by atoms with van der Waals surface area (Å²) in [4.78, 5) is 0. The molecule has 0 unspecified atom stereocenters. The zero-order valence-electron chi connectivity index (χ0n) is 7.55. The predicted molar refractivity (Wildman–Crippen MR) is 52.0 cm³/mol. The highest BCUT2D eigenvalue weighted by Gasteiger charge is 2.09. The summed E-state index contributed by atoms with van der Waals surface area (Å²) in [5.41, 5.74) is 0.414. The number of nitriles is 1. The maximum absolute atomic E-state index is 8.80. The van der Waals surface area contributed by atoms with Crippen LogP contribution in [0, 0.1) is 11.3 Å². The lowest BCUT2D eigenvalue weighted by Crippen LogP contribution is -2.29. The van der Waals surface area contributed by atoms with E-state index in [1.807, 2.05) is 6.07 Å². The third-order valence-corrected chi connectivity index (χ3v) is 1.66. The minimum atomic E-state index is -1.46. The van der Waals surface area contributed by atoms with Crippen molar-refractivity contribution in [1.29, 1.82) is 5.26 Å². The zero-order valence-corrected chi connectivity index (χ0v) is 7.55. The smallest absolute Gasteiger partial charge is 0.488 e. The Kier molecular flexibility index (Phi) is 3.98. The number of rotatable bonds is 4. The van der Waals surface area contributed by atoms with Crippen LogP contribution in [0.5, 0.6) is 5.75 Å². The number of benzene rings is 1. The molecule has 0 aliphatic heterocycles. The van der Waals surface area contributed by atoms with Gasteiger partial charge in [0.1, 0.15) is 12.4 Å². The Bertz CT molecular complexity index is 318. The zero-order chi connectivity index (χ0) is 10.4. The van der Waals surface area contributed by atoms with Gasteiger partial charge in [0.25, 0.3) is 0 Å². The molecule has 0 atom stereocenters. The largest absolute Gasteiger partial charge is 0.493 e. The van der Waals surface area contributed by atoms with Crippen LogP contribution in [0.25, 0.3) is 0 Å². The highest BCUT2D eigenvalue weighted by Crippen LogP contribution is 2.07. The summed E-state index contributed by atoms with van der Waals surface area (Å²) in [6.07, 6.45) is 0.338. The van der Waals surface area contributed by atoms with Gasteiger partial charge in [-0.25, -0.2) is 0 Å². The molecule has 1 aromatic carbocycles. The van der Waals surface area contributed by atoms with Crippen LogP contribution in [-0.2, 0) is 0 Å². The van der Waals surface area contributed by atoms with Gasteiger partial charge in [-0.3, -0.25) is 0 Å². The first-order valence-electron chi connectivity index (χ1n) is 4.20. The summed E-state index contributed by atoms with van der Waals surface area (Å²) >= 11 is 0. The van der Waals surface area contributed by atoms with Crippen molar-refractivity contribution in [2.24, 2.45) is 0 Å². The fourth-order valence-electron chi connectivity index (χ4n) is 0.951. The standard InChI is InChI=1S/C9H10BNO3/c11-6-1-7-14-9-4-2-8(3-5-9)10(12)13/h2-5,12-13H,1,7H2. The summed E-state index contributed by atoms with van der Waals surface area (Å²) in [6.45, 7) is 0.345. The maximum Gasteiger partial charge on any atom is 0.488 e. The molecule has 0 saturated carbocycles. The first kappa shape index (κ1) is 10.6. The van der Waals surface area contributed by atoms with Crippen molar-refractivity contribution in [2.75, 3.05) is 6.61 Å². The molecule has 1 aromatic rings. The van der Waals surface area contributed by atoms with Gasteiger partial charge in [0.15, 0.2) is 0 Å². The van der Waals surface area contributed by atoms with Gasteiger partial charge >= 0.3 is 7.12 Å². The van der Waals surface area contributed by atoms with Gasteiger partial charge in [-0.15, -0.1) is 0 Å². The average molecular weight is 191 g/mol. The van der Waals surface area contributed by atoms with Gasteiger partial charge < -0.3 is 14.8 Å². The molecule has 0 aromatic heterocycles. The second kappa shape index (κ2) is 5.27. The molecule has 0 amide bonds. The molecule has 0 fully saturated rings. The highest BCUT2D eigenvalue weighted by atomic mass is 16.5. The molecule has 0 spiro atoms. The van der Waals surface area contributed by atoms with E-state index in [-0.39, 0.29) is 0 Å². The van der Waals surface area contributed by atoms with Gasteiger partial charge in [-0.1, -0.05) is 12.1 Å². The third-order valence-electron chi connectivity index (χ3n) is 1.66. The van der Waals surface area contributed by atoms with Crippen LogP contribution < -0.4 is 10.2 Å². The highest BCUT2D eigenvalue weighted by molar-refractivity contribution is 6.58. The van der Waals surface area contributed by atoms with Crippen molar-refractivity contribution in [3.63, 3.8) is 0 Å². The molecule has 0 heterocycles. The van der Waals surface area contributed by atoms with E-state index in [0.717, 1.165) is 0 Å². The van der Waals surface area contributed by atoms with Crippen molar-refractivity contribution in [3.8, 4) is 11.8 Å². The summed E-state index contributed by atoms with van der Waals surface area (Å²) in [5, 5.41) is 25.9. The van der Waals surface area contributed by atoms with Crippen molar-refractivity contribution in [1.82, 2.24) is 0 Å².